The van der Waals surface area contributed by atoms with Crippen molar-refractivity contribution in [3.63, 3.8) is 0 Å². The molecular weight excluding hydrogens is 454 g/mol. The van der Waals surface area contributed by atoms with Crippen molar-refractivity contribution in [2.24, 2.45) is 0 Å². The van der Waals surface area contributed by atoms with Crippen molar-refractivity contribution in [1.29, 1.82) is 0 Å². The molecule has 30 heavy (non-hydrogen) atoms. The average molecular weight is 468 g/mol. The van der Waals surface area contributed by atoms with Crippen LogP contribution in [0, 0.1) is 6.92 Å². The molecule has 0 atom stereocenters. The van der Waals surface area contributed by atoms with Crippen LogP contribution in [0.1, 0.15) is 5.69 Å². The molecule has 0 amide bonds. The molecule has 0 radical (unpaired) electrons. The molecule has 0 saturated heterocycles. The highest BCUT2D eigenvalue weighted by Gasteiger charge is 2.22. The fraction of sp³-hybridized carbons (Fsp3) is 0.0476. The molecule has 3 aromatic heterocycles. The number of benzene rings is 2. The zero-order valence-corrected chi connectivity index (χ0v) is 18.9. The summed E-state index contributed by atoms with van der Waals surface area (Å²) in [4.78, 5) is 10.1. The fourth-order valence-corrected chi connectivity index (χ4v) is 6.08. The van der Waals surface area contributed by atoms with Crippen LogP contribution in [0.5, 0.6) is 0 Å². The van der Waals surface area contributed by atoms with Crippen LogP contribution in [0.4, 0.5) is 0 Å². The van der Waals surface area contributed by atoms with E-state index in [4.69, 9.17) is 16.6 Å². The Morgan fingerprint density at radius 3 is 2.37 bits per heavy atom. The number of hydrogen-bond donors (Lipinski definition) is 0. The number of hydrogen-bond acceptors (Lipinski definition) is 7. The van der Waals surface area contributed by atoms with Gasteiger partial charge in [0.1, 0.15) is 9.34 Å². The zero-order valence-electron chi connectivity index (χ0n) is 15.7. The standard InChI is InChI=1S/C21H14ClN5S3/c1-13-17(29-19(24-13)14-8-4-2-5-9-14)18-25-26-20(30-21-23-12-16(22)28-21)27(18)15-10-6-3-7-11-15/h2-12H,1H3. The molecule has 148 valence electrons. The largest absolute Gasteiger partial charge is 0.269 e. The van der Waals surface area contributed by atoms with Gasteiger partial charge < -0.3 is 0 Å². The van der Waals surface area contributed by atoms with Gasteiger partial charge in [-0.1, -0.05) is 71.5 Å². The first-order valence-electron chi connectivity index (χ1n) is 9.02. The summed E-state index contributed by atoms with van der Waals surface area (Å²) in [5, 5.41) is 10.7. The topological polar surface area (TPSA) is 56.5 Å². The van der Waals surface area contributed by atoms with Crippen LogP contribution in [0.2, 0.25) is 4.34 Å². The maximum atomic E-state index is 6.06. The van der Waals surface area contributed by atoms with Crippen LogP contribution >= 0.6 is 46.0 Å². The fourth-order valence-electron chi connectivity index (χ4n) is 2.97. The van der Waals surface area contributed by atoms with Crippen molar-refractivity contribution in [3.05, 3.63) is 76.9 Å². The van der Waals surface area contributed by atoms with Crippen LogP contribution < -0.4 is 0 Å². The van der Waals surface area contributed by atoms with E-state index < -0.39 is 0 Å². The highest BCUT2D eigenvalue weighted by molar-refractivity contribution is 8.00. The zero-order chi connectivity index (χ0) is 20.5. The molecule has 2 aromatic carbocycles. The molecule has 3 heterocycles. The molecular formula is C21H14ClN5S3. The Hall–Kier alpha value is -2.52. The molecule has 5 aromatic rings. The van der Waals surface area contributed by atoms with Crippen molar-refractivity contribution in [2.45, 2.75) is 16.4 Å². The minimum Gasteiger partial charge on any atom is -0.269 e. The predicted octanol–water partition coefficient (Wildman–Crippen LogP) is 6.63. The van der Waals surface area contributed by atoms with Gasteiger partial charge in [-0.2, -0.15) is 0 Å². The molecule has 0 aliphatic heterocycles. The minimum absolute atomic E-state index is 0.648. The Bertz CT molecular complexity index is 1290. The number of aromatic nitrogens is 5. The molecule has 9 heteroatoms. The van der Waals surface area contributed by atoms with Gasteiger partial charge in [0.25, 0.3) is 0 Å². The van der Waals surface area contributed by atoms with Gasteiger partial charge in [-0.25, -0.2) is 9.97 Å². The predicted molar refractivity (Wildman–Crippen MR) is 124 cm³/mol. The van der Waals surface area contributed by atoms with Crippen LogP contribution in [0.15, 0.2) is 76.4 Å². The first kappa shape index (κ1) is 19.4. The number of thiazole rings is 2. The van der Waals surface area contributed by atoms with Crippen molar-refractivity contribution in [2.75, 3.05) is 0 Å². The normalized spacial score (nSPS) is 11.1. The molecule has 0 unspecified atom stereocenters. The third kappa shape index (κ3) is 3.79. The Balaban J connectivity index is 1.63. The summed E-state index contributed by atoms with van der Waals surface area (Å²) in [5.74, 6) is 0.767. The van der Waals surface area contributed by atoms with E-state index in [0.29, 0.717) is 4.34 Å². The van der Waals surface area contributed by atoms with Crippen molar-refractivity contribution in [1.82, 2.24) is 24.7 Å². The van der Waals surface area contributed by atoms with E-state index in [1.165, 1.54) is 23.1 Å². The van der Waals surface area contributed by atoms with E-state index in [1.807, 2.05) is 55.5 Å². The first-order chi connectivity index (χ1) is 14.7. The van der Waals surface area contributed by atoms with E-state index in [9.17, 15) is 0 Å². The maximum absolute atomic E-state index is 6.06. The second-order valence-electron chi connectivity index (χ2n) is 6.31. The number of halogens is 1. The highest BCUT2D eigenvalue weighted by atomic mass is 35.5. The summed E-state index contributed by atoms with van der Waals surface area (Å²) < 4.78 is 3.52. The summed E-state index contributed by atoms with van der Waals surface area (Å²) >= 11 is 10.6. The highest BCUT2D eigenvalue weighted by Crippen LogP contribution is 2.39. The van der Waals surface area contributed by atoms with Gasteiger partial charge in [0.05, 0.1) is 16.8 Å². The smallest absolute Gasteiger partial charge is 0.203 e. The Labute approximate surface area is 190 Å². The van der Waals surface area contributed by atoms with Gasteiger partial charge in [-0.15, -0.1) is 21.5 Å². The lowest BCUT2D eigenvalue weighted by molar-refractivity contribution is 0.885. The number of rotatable bonds is 5. The summed E-state index contributed by atoms with van der Waals surface area (Å²) in [5.41, 5.74) is 3.00. The summed E-state index contributed by atoms with van der Waals surface area (Å²) in [7, 11) is 0. The Morgan fingerprint density at radius 2 is 1.67 bits per heavy atom. The molecule has 0 fully saturated rings. The van der Waals surface area contributed by atoms with E-state index >= 15 is 0 Å². The molecule has 5 rings (SSSR count). The third-order valence-electron chi connectivity index (χ3n) is 4.30. The third-order valence-corrected chi connectivity index (χ3v) is 7.64. The SMILES string of the molecule is Cc1nc(-c2ccccc2)sc1-c1nnc(Sc2ncc(Cl)s2)n1-c1ccccc1. The van der Waals surface area contributed by atoms with E-state index in [1.54, 1.807) is 17.5 Å². The average Bonchev–Trinajstić information content (AvgIpc) is 3.48. The second kappa shape index (κ2) is 8.31. The van der Waals surface area contributed by atoms with Gasteiger partial charge in [-0.3, -0.25) is 4.57 Å². The summed E-state index contributed by atoms with van der Waals surface area (Å²) in [6.07, 6.45) is 1.65. The molecule has 0 N–H and O–H groups in total. The number of para-hydroxylation sites is 1. The monoisotopic (exact) mass is 467 g/mol. The molecule has 5 nitrogen and oxygen atoms in total. The molecule has 0 aliphatic carbocycles. The quantitative estimate of drug-likeness (QED) is 0.290. The van der Waals surface area contributed by atoms with Gasteiger partial charge in [0, 0.05) is 11.3 Å². The van der Waals surface area contributed by atoms with E-state index in [0.717, 1.165) is 42.2 Å². The van der Waals surface area contributed by atoms with Crippen LogP contribution in [-0.4, -0.2) is 24.7 Å². The number of aryl methyl sites for hydroxylation is 1. The molecule has 0 spiro atoms. The lowest BCUT2D eigenvalue weighted by Crippen LogP contribution is -1.99. The lowest BCUT2D eigenvalue weighted by atomic mass is 10.2. The van der Waals surface area contributed by atoms with Gasteiger partial charge in [0.2, 0.25) is 5.16 Å². The first-order valence-corrected chi connectivity index (χ1v) is 11.8. The van der Waals surface area contributed by atoms with Crippen molar-refractivity contribution in [3.8, 4) is 27.0 Å². The number of nitrogens with zero attached hydrogens (tertiary/aromatic N) is 5. The van der Waals surface area contributed by atoms with Crippen LogP contribution in [-0.2, 0) is 0 Å². The van der Waals surface area contributed by atoms with Gasteiger partial charge >= 0.3 is 0 Å². The van der Waals surface area contributed by atoms with E-state index in [2.05, 4.69) is 31.9 Å². The van der Waals surface area contributed by atoms with E-state index in [-0.39, 0.29) is 0 Å². The second-order valence-corrected chi connectivity index (χ2v) is 10.2. The van der Waals surface area contributed by atoms with Crippen LogP contribution in [0.3, 0.4) is 0 Å². The minimum atomic E-state index is 0.648. The Morgan fingerprint density at radius 1 is 0.933 bits per heavy atom. The van der Waals surface area contributed by atoms with Crippen LogP contribution in [0.25, 0.3) is 27.0 Å². The molecule has 0 bridgehead atoms. The molecule has 0 aliphatic rings. The van der Waals surface area contributed by atoms with Crippen molar-refractivity contribution < 1.29 is 0 Å². The summed E-state index contributed by atoms with van der Waals surface area (Å²) in [6.45, 7) is 2.01. The lowest BCUT2D eigenvalue weighted by Gasteiger charge is -2.08. The molecule has 0 saturated carbocycles. The van der Waals surface area contributed by atoms with Gasteiger partial charge in [-0.05, 0) is 30.8 Å². The summed E-state index contributed by atoms with van der Waals surface area (Å²) in [6, 6.07) is 20.3. The van der Waals surface area contributed by atoms with Gasteiger partial charge in [0.15, 0.2) is 10.2 Å². The maximum Gasteiger partial charge on any atom is 0.203 e. The Kier molecular flexibility index (Phi) is 5.39. The van der Waals surface area contributed by atoms with Crippen molar-refractivity contribution >= 4 is 46.0 Å².